The van der Waals surface area contributed by atoms with Crippen LogP contribution in [0.4, 0.5) is 0 Å². The Morgan fingerprint density at radius 2 is 1.33 bits per heavy atom. The molecule has 18 heavy (non-hydrogen) atoms. The largest absolute Gasteiger partial charge is 0.498 e. The second-order valence-corrected chi connectivity index (χ2v) is 3.25. The summed E-state index contributed by atoms with van der Waals surface area (Å²) >= 11 is 0. The fourth-order valence-electron chi connectivity index (χ4n) is 1.24. The molecule has 0 saturated carbocycles. The third kappa shape index (κ3) is 5.84. The van der Waals surface area contributed by atoms with Crippen LogP contribution in [0.5, 0.6) is 11.5 Å². The summed E-state index contributed by atoms with van der Waals surface area (Å²) < 4.78 is 20.9. The van der Waals surface area contributed by atoms with Crippen molar-refractivity contribution in [3.8, 4) is 11.5 Å². The molecule has 0 aromatic heterocycles. The van der Waals surface area contributed by atoms with Crippen LogP contribution in [0.2, 0.25) is 0 Å². The van der Waals surface area contributed by atoms with Crippen molar-refractivity contribution in [2.45, 2.75) is 0 Å². The molecule has 1 rings (SSSR count). The van der Waals surface area contributed by atoms with Crippen molar-refractivity contribution in [3.05, 3.63) is 49.9 Å². The van der Waals surface area contributed by atoms with Crippen LogP contribution in [-0.4, -0.2) is 26.4 Å². The Balaban J connectivity index is 2.31. The fraction of sp³-hybridized carbons (Fsp3) is 0.286. The van der Waals surface area contributed by atoms with Gasteiger partial charge in [0.1, 0.15) is 37.9 Å². The molecule has 0 spiro atoms. The van der Waals surface area contributed by atoms with Gasteiger partial charge in [0, 0.05) is 6.07 Å². The number of hydrogen-bond acceptors (Lipinski definition) is 4. The highest BCUT2D eigenvalue weighted by atomic mass is 16.5. The lowest BCUT2D eigenvalue weighted by atomic mass is 10.3. The monoisotopic (exact) mass is 250 g/mol. The third-order valence-electron chi connectivity index (χ3n) is 1.98. The van der Waals surface area contributed by atoms with Crippen LogP contribution < -0.4 is 9.47 Å². The molecule has 0 fully saturated rings. The first-order chi connectivity index (χ1) is 8.86. The molecule has 4 heteroatoms. The van der Waals surface area contributed by atoms with Crippen molar-refractivity contribution in [1.82, 2.24) is 0 Å². The molecule has 0 radical (unpaired) electrons. The Morgan fingerprint density at radius 3 is 1.78 bits per heavy atom. The normalized spacial score (nSPS) is 9.33. The maximum Gasteiger partial charge on any atom is 0.123 e. The van der Waals surface area contributed by atoms with E-state index in [1.54, 1.807) is 0 Å². The second kappa shape index (κ2) is 8.98. The summed E-state index contributed by atoms with van der Waals surface area (Å²) in [7, 11) is 0. The van der Waals surface area contributed by atoms with E-state index in [0.29, 0.717) is 26.4 Å². The lowest BCUT2D eigenvalue weighted by Crippen LogP contribution is -2.05. The highest BCUT2D eigenvalue weighted by Crippen LogP contribution is 2.19. The molecular formula is C14H18O4. The van der Waals surface area contributed by atoms with Crippen LogP contribution in [0.3, 0.4) is 0 Å². The van der Waals surface area contributed by atoms with Crippen LogP contribution in [0.1, 0.15) is 0 Å². The summed E-state index contributed by atoms with van der Waals surface area (Å²) in [5.74, 6) is 1.48. The van der Waals surface area contributed by atoms with E-state index in [0.717, 1.165) is 11.5 Å². The number of benzene rings is 1. The standard InChI is InChI=1S/C14H18O4/c1-3-15-8-10-17-13-6-5-7-14(12-13)18-11-9-16-4-2/h3-7,12H,1-2,8-11H2. The zero-order valence-electron chi connectivity index (χ0n) is 10.3. The highest BCUT2D eigenvalue weighted by Gasteiger charge is 1.98. The lowest BCUT2D eigenvalue weighted by molar-refractivity contribution is 0.174. The van der Waals surface area contributed by atoms with Crippen molar-refractivity contribution in [2.24, 2.45) is 0 Å². The van der Waals surface area contributed by atoms with Crippen molar-refractivity contribution >= 4 is 0 Å². The Morgan fingerprint density at radius 1 is 0.833 bits per heavy atom. The van der Waals surface area contributed by atoms with Crippen molar-refractivity contribution < 1.29 is 18.9 Å². The topological polar surface area (TPSA) is 36.9 Å². The fourth-order valence-corrected chi connectivity index (χ4v) is 1.24. The minimum absolute atomic E-state index is 0.467. The van der Waals surface area contributed by atoms with E-state index < -0.39 is 0 Å². The van der Waals surface area contributed by atoms with Gasteiger partial charge in [-0.3, -0.25) is 0 Å². The van der Waals surface area contributed by atoms with Crippen LogP contribution >= 0.6 is 0 Å². The quantitative estimate of drug-likeness (QED) is 0.472. The van der Waals surface area contributed by atoms with Gasteiger partial charge in [-0.05, 0) is 12.1 Å². The van der Waals surface area contributed by atoms with E-state index in [-0.39, 0.29) is 0 Å². The summed E-state index contributed by atoms with van der Waals surface area (Å²) in [6, 6.07) is 7.41. The third-order valence-corrected chi connectivity index (χ3v) is 1.98. The molecule has 0 bridgehead atoms. The minimum Gasteiger partial charge on any atom is -0.498 e. The lowest BCUT2D eigenvalue weighted by Gasteiger charge is -2.09. The van der Waals surface area contributed by atoms with Crippen molar-refractivity contribution in [1.29, 1.82) is 0 Å². The summed E-state index contributed by atoms with van der Waals surface area (Å²) in [6.07, 6.45) is 2.78. The molecule has 4 nitrogen and oxygen atoms in total. The molecule has 0 saturated heterocycles. The molecule has 0 atom stereocenters. The number of rotatable bonds is 10. The summed E-state index contributed by atoms with van der Waals surface area (Å²) in [5.41, 5.74) is 0. The highest BCUT2D eigenvalue weighted by molar-refractivity contribution is 5.32. The molecule has 0 N–H and O–H groups in total. The number of hydrogen-bond donors (Lipinski definition) is 0. The Hall–Kier alpha value is -2.10. The first-order valence-corrected chi connectivity index (χ1v) is 5.67. The van der Waals surface area contributed by atoms with E-state index in [9.17, 15) is 0 Å². The van der Waals surface area contributed by atoms with Gasteiger partial charge in [0.25, 0.3) is 0 Å². The van der Waals surface area contributed by atoms with E-state index in [4.69, 9.17) is 18.9 Å². The molecule has 0 aliphatic carbocycles. The summed E-state index contributed by atoms with van der Waals surface area (Å²) in [4.78, 5) is 0. The smallest absolute Gasteiger partial charge is 0.123 e. The average Bonchev–Trinajstić information content (AvgIpc) is 2.40. The zero-order valence-corrected chi connectivity index (χ0v) is 10.3. The number of ether oxygens (including phenoxy) is 4. The Bertz CT molecular complexity index is 331. The Kier molecular flexibility index (Phi) is 6.97. The SMILES string of the molecule is C=COCCOc1cccc(OCCOC=C)c1. The van der Waals surface area contributed by atoms with Crippen LogP contribution in [0, 0.1) is 0 Å². The second-order valence-electron chi connectivity index (χ2n) is 3.25. The van der Waals surface area contributed by atoms with Crippen molar-refractivity contribution in [3.63, 3.8) is 0 Å². The first-order valence-electron chi connectivity index (χ1n) is 5.67. The molecule has 0 heterocycles. The predicted octanol–water partition coefficient (Wildman–Crippen LogP) is 2.76. The predicted molar refractivity (Wildman–Crippen MR) is 69.7 cm³/mol. The van der Waals surface area contributed by atoms with E-state index >= 15 is 0 Å². The van der Waals surface area contributed by atoms with Crippen LogP contribution in [0.15, 0.2) is 49.9 Å². The van der Waals surface area contributed by atoms with Gasteiger partial charge in [-0.1, -0.05) is 19.2 Å². The first kappa shape index (κ1) is 14.0. The van der Waals surface area contributed by atoms with Gasteiger partial charge in [-0.25, -0.2) is 0 Å². The Labute approximate surface area is 107 Å². The van der Waals surface area contributed by atoms with Crippen LogP contribution in [-0.2, 0) is 9.47 Å². The van der Waals surface area contributed by atoms with Gasteiger partial charge >= 0.3 is 0 Å². The van der Waals surface area contributed by atoms with Gasteiger partial charge in [0.2, 0.25) is 0 Å². The molecule has 1 aromatic carbocycles. The van der Waals surface area contributed by atoms with Crippen LogP contribution in [0.25, 0.3) is 0 Å². The van der Waals surface area contributed by atoms with E-state index in [1.165, 1.54) is 12.5 Å². The van der Waals surface area contributed by atoms with Gasteiger partial charge in [0.15, 0.2) is 0 Å². The average molecular weight is 250 g/mol. The summed E-state index contributed by atoms with van der Waals surface area (Å²) in [6.45, 7) is 8.79. The maximum absolute atomic E-state index is 5.48. The minimum atomic E-state index is 0.467. The molecule has 1 aromatic rings. The maximum atomic E-state index is 5.48. The zero-order chi connectivity index (χ0) is 13.1. The summed E-state index contributed by atoms with van der Waals surface area (Å²) in [5, 5.41) is 0. The molecule has 98 valence electrons. The molecule has 0 amide bonds. The van der Waals surface area contributed by atoms with Gasteiger partial charge < -0.3 is 18.9 Å². The molecule has 0 unspecified atom stereocenters. The van der Waals surface area contributed by atoms with Gasteiger partial charge in [0.05, 0.1) is 12.5 Å². The molecule has 0 aliphatic heterocycles. The van der Waals surface area contributed by atoms with E-state index in [2.05, 4.69) is 13.2 Å². The molecular weight excluding hydrogens is 232 g/mol. The van der Waals surface area contributed by atoms with Gasteiger partial charge in [-0.2, -0.15) is 0 Å². The molecule has 0 aliphatic rings. The van der Waals surface area contributed by atoms with Gasteiger partial charge in [-0.15, -0.1) is 0 Å². The van der Waals surface area contributed by atoms with Crippen molar-refractivity contribution in [2.75, 3.05) is 26.4 Å². The van der Waals surface area contributed by atoms with E-state index in [1.807, 2.05) is 24.3 Å².